The highest BCUT2D eigenvalue weighted by molar-refractivity contribution is 8.14. The number of hydrazone groups is 1. The number of ether oxygens (including phenoxy) is 1. The first-order chi connectivity index (χ1) is 15.3. The van der Waals surface area contributed by atoms with Gasteiger partial charge in [-0.25, -0.2) is 4.98 Å². The molecule has 11 heteroatoms. The fourth-order valence-corrected chi connectivity index (χ4v) is 4.25. The van der Waals surface area contributed by atoms with Gasteiger partial charge in [0.25, 0.3) is 5.69 Å². The number of benzene rings is 2. The van der Waals surface area contributed by atoms with E-state index in [9.17, 15) is 19.7 Å². The molecule has 162 valence electrons. The summed E-state index contributed by atoms with van der Waals surface area (Å²) >= 11 is 1.16. The van der Waals surface area contributed by atoms with E-state index in [1.165, 1.54) is 30.5 Å². The average molecular weight is 451 g/mol. The molecule has 0 spiro atoms. The Bertz CT molecular complexity index is 1260. The lowest BCUT2D eigenvalue weighted by Gasteiger charge is -2.21. The van der Waals surface area contributed by atoms with E-state index in [1.54, 1.807) is 43.5 Å². The van der Waals surface area contributed by atoms with Crippen LogP contribution in [-0.2, 0) is 4.79 Å². The topological polar surface area (TPSA) is 120 Å². The molecule has 0 saturated heterocycles. The van der Waals surface area contributed by atoms with Crippen molar-refractivity contribution < 1.29 is 19.2 Å². The number of hydrogen-bond acceptors (Lipinski definition) is 8. The van der Waals surface area contributed by atoms with Gasteiger partial charge in [-0.1, -0.05) is 0 Å². The Balaban J connectivity index is 1.83. The highest BCUT2D eigenvalue weighted by Crippen LogP contribution is 2.41. The second-order valence-electron chi connectivity index (χ2n) is 6.79. The van der Waals surface area contributed by atoms with Crippen molar-refractivity contribution >= 4 is 40.1 Å². The normalized spacial score (nSPS) is 12.7. The molecule has 0 radical (unpaired) electrons. The van der Waals surface area contributed by atoms with Gasteiger partial charge in [-0.05, 0) is 48.2 Å². The molecule has 1 aromatic heterocycles. The number of non-ortho nitro benzene ring substituents is 1. The number of carbonyl (C=O) groups is 2. The van der Waals surface area contributed by atoms with Gasteiger partial charge in [-0.3, -0.25) is 24.3 Å². The molecule has 0 bridgehead atoms. The van der Waals surface area contributed by atoms with Crippen molar-refractivity contribution in [3.05, 3.63) is 64.2 Å². The minimum atomic E-state index is -0.495. The fourth-order valence-electron chi connectivity index (χ4n) is 3.16. The standard InChI is InChI=1S/C21H17N5O5S/c1-12(27)24-18(14-6-10-17(31-3)11-7-14)22-19-21(24)32-20(23-25(19)13(2)28)15-4-8-16(9-5-15)26(29)30/h4-11H,1-3H3. The Hall–Kier alpha value is -3.99. The Morgan fingerprint density at radius 2 is 1.62 bits per heavy atom. The summed E-state index contributed by atoms with van der Waals surface area (Å²) in [4.78, 5) is 40.0. The number of fused-ring (bicyclic) bond motifs is 1. The van der Waals surface area contributed by atoms with E-state index >= 15 is 0 Å². The van der Waals surface area contributed by atoms with E-state index in [0.29, 0.717) is 32.8 Å². The zero-order valence-corrected chi connectivity index (χ0v) is 18.1. The number of anilines is 1. The van der Waals surface area contributed by atoms with Gasteiger partial charge in [0.15, 0.2) is 5.82 Å². The van der Waals surface area contributed by atoms with Crippen molar-refractivity contribution in [1.82, 2.24) is 9.55 Å². The molecule has 1 aliphatic heterocycles. The third kappa shape index (κ3) is 3.73. The van der Waals surface area contributed by atoms with Crippen molar-refractivity contribution in [3.63, 3.8) is 0 Å². The molecule has 32 heavy (non-hydrogen) atoms. The van der Waals surface area contributed by atoms with Gasteiger partial charge in [0.1, 0.15) is 21.6 Å². The Morgan fingerprint density at radius 3 is 2.16 bits per heavy atom. The van der Waals surface area contributed by atoms with E-state index in [4.69, 9.17) is 4.74 Å². The summed E-state index contributed by atoms with van der Waals surface area (Å²) in [6.45, 7) is 2.75. The lowest BCUT2D eigenvalue weighted by atomic mass is 10.2. The van der Waals surface area contributed by atoms with Crippen molar-refractivity contribution in [2.45, 2.75) is 18.9 Å². The number of thioether (sulfide) groups is 1. The van der Waals surface area contributed by atoms with Crippen LogP contribution < -0.4 is 9.75 Å². The Morgan fingerprint density at radius 1 is 1.00 bits per heavy atom. The van der Waals surface area contributed by atoms with Crippen LogP contribution in [0.5, 0.6) is 5.75 Å². The predicted octanol–water partition coefficient (Wildman–Crippen LogP) is 3.95. The maximum absolute atomic E-state index is 12.6. The molecule has 4 rings (SSSR count). The molecular formula is C21H17N5O5S. The van der Waals surface area contributed by atoms with Crippen LogP contribution in [0.4, 0.5) is 11.5 Å². The minimum Gasteiger partial charge on any atom is -0.497 e. The summed E-state index contributed by atoms with van der Waals surface area (Å²) in [6.07, 6.45) is 0. The number of amides is 1. The van der Waals surface area contributed by atoms with E-state index in [1.807, 2.05) is 0 Å². The van der Waals surface area contributed by atoms with E-state index < -0.39 is 4.92 Å². The van der Waals surface area contributed by atoms with E-state index in [2.05, 4.69) is 10.1 Å². The molecule has 2 heterocycles. The van der Waals surface area contributed by atoms with Crippen LogP contribution in [0.25, 0.3) is 11.4 Å². The second-order valence-corrected chi connectivity index (χ2v) is 7.77. The predicted molar refractivity (Wildman–Crippen MR) is 119 cm³/mol. The molecule has 0 aliphatic carbocycles. The van der Waals surface area contributed by atoms with Crippen LogP contribution in [0.2, 0.25) is 0 Å². The molecule has 1 aliphatic rings. The third-order valence-electron chi connectivity index (χ3n) is 4.69. The summed E-state index contributed by atoms with van der Waals surface area (Å²) in [5.74, 6) is 0.590. The first-order valence-corrected chi connectivity index (χ1v) is 10.2. The van der Waals surface area contributed by atoms with Crippen LogP contribution in [0.15, 0.2) is 58.7 Å². The SMILES string of the molecule is COc1ccc(-c2nc3c(n2C(C)=O)SC(c2ccc([N+](=O)[O-])cc2)=NN3C(C)=O)cc1. The molecule has 0 unspecified atom stereocenters. The van der Waals surface area contributed by atoms with Gasteiger partial charge < -0.3 is 4.74 Å². The number of aromatic nitrogens is 2. The van der Waals surface area contributed by atoms with Crippen LogP contribution in [-0.4, -0.2) is 38.4 Å². The van der Waals surface area contributed by atoms with Crippen molar-refractivity contribution in [1.29, 1.82) is 0 Å². The minimum absolute atomic E-state index is 0.0603. The fraction of sp³-hybridized carbons (Fsp3) is 0.143. The van der Waals surface area contributed by atoms with Crippen LogP contribution in [0.3, 0.4) is 0 Å². The number of imidazole rings is 1. The molecule has 3 aromatic rings. The highest BCUT2D eigenvalue weighted by Gasteiger charge is 2.32. The lowest BCUT2D eigenvalue weighted by Crippen LogP contribution is -2.28. The molecule has 10 nitrogen and oxygen atoms in total. The molecular weight excluding hydrogens is 434 g/mol. The number of nitro groups is 1. The first kappa shape index (κ1) is 21.2. The monoisotopic (exact) mass is 451 g/mol. The van der Waals surface area contributed by atoms with Gasteiger partial charge in [-0.15, -0.1) is 0 Å². The zero-order chi connectivity index (χ0) is 23.0. The zero-order valence-electron chi connectivity index (χ0n) is 17.3. The van der Waals surface area contributed by atoms with Crippen LogP contribution in [0, 0.1) is 10.1 Å². The first-order valence-electron chi connectivity index (χ1n) is 9.40. The van der Waals surface area contributed by atoms with Gasteiger partial charge in [0.05, 0.1) is 12.0 Å². The number of rotatable bonds is 4. The smallest absolute Gasteiger partial charge is 0.269 e. The summed E-state index contributed by atoms with van der Waals surface area (Å²) in [7, 11) is 1.56. The van der Waals surface area contributed by atoms with Gasteiger partial charge in [-0.2, -0.15) is 10.1 Å². The maximum Gasteiger partial charge on any atom is 0.269 e. The number of methoxy groups -OCH3 is 1. The van der Waals surface area contributed by atoms with E-state index in [-0.39, 0.29) is 23.3 Å². The van der Waals surface area contributed by atoms with Crippen LogP contribution >= 0.6 is 11.8 Å². The molecule has 0 N–H and O–H groups in total. The maximum atomic E-state index is 12.6. The molecule has 1 amide bonds. The molecule has 2 aromatic carbocycles. The summed E-state index contributed by atoms with van der Waals surface area (Å²) in [6, 6.07) is 12.9. The van der Waals surface area contributed by atoms with Crippen molar-refractivity contribution in [3.8, 4) is 17.1 Å². The summed E-state index contributed by atoms with van der Waals surface area (Å²) in [5.41, 5.74) is 1.17. The molecule has 0 atom stereocenters. The number of hydrogen-bond donors (Lipinski definition) is 0. The van der Waals surface area contributed by atoms with Crippen molar-refractivity contribution in [2.24, 2.45) is 5.10 Å². The third-order valence-corrected chi connectivity index (χ3v) is 5.76. The number of nitro benzene ring substituents is 1. The summed E-state index contributed by atoms with van der Waals surface area (Å²) < 4.78 is 6.62. The van der Waals surface area contributed by atoms with E-state index in [0.717, 1.165) is 16.8 Å². The van der Waals surface area contributed by atoms with Crippen LogP contribution in [0.1, 0.15) is 24.2 Å². The summed E-state index contributed by atoms with van der Waals surface area (Å²) in [5, 5.41) is 17.3. The Kier molecular flexibility index (Phi) is 5.49. The van der Waals surface area contributed by atoms with Gasteiger partial charge in [0.2, 0.25) is 11.8 Å². The molecule has 0 saturated carbocycles. The van der Waals surface area contributed by atoms with Crippen molar-refractivity contribution in [2.75, 3.05) is 12.1 Å². The number of nitrogens with zero attached hydrogens (tertiary/aromatic N) is 5. The molecule has 0 fully saturated rings. The Labute approximate surface area is 186 Å². The second kappa shape index (κ2) is 8.27. The van der Waals surface area contributed by atoms with Gasteiger partial charge in [0, 0.05) is 37.1 Å². The average Bonchev–Trinajstić information content (AvgIpc) is 3.18. The lowest BCUT2D eigenvalue weighted by molar-refractivity contribution is -0.384. The number of carbonyl (C=O) groups excluding carboxylic acids is 2. The van der Waals surface area contributed by atoms with Gasteiger partial charge >= 0.3 is 0 Å². The quantitative estimate of drug-likeness (QED) is 0.435. The largest absolute Gasteiger partial charge is 0.497 e. The highest BCUT2D eigenvalue weighted by atomic mass is 32.2.